The number of anilines is 1. The summed E-state index contributed by atoms with van der Waals surface area (Å²) in [7, 11) is 1.98. The second-order valence-electron chi connectivity index (χ2n) is 3.85. The molecule has 17 heavy (non-hydrogen) atoms. The molecule has 2 heteroatoms. The van der Waals surface area contributed by atoms with Crippen LogP contribution in [0.5, 0.6) is 5.75 Å². The number of benzene rings is 2. The molecule has 2 aromatic rings. The topological polar surface area (TPSA) is 23.5 Å². The number of hydrogen-bond donors (Lipinski definition) is 1. The predicted molar refractivity (Wildman–Crippen MR) is 72.0 cm³/mol. The molecule has 0 radical (unpaired) electrons. The third kappa shape index (κ3) is 3.11. The summed E-state index contributed by atoms with van der Waals surface area (Å²) in [5.41, 5.74) is 2.20. The van der Waals surface area contributed by atoms with E-state index in [1.807, 2.05) is 54.6 Å². The van der Waals surface area contributed by atoms with Gasteiger partial charge in [-0.25, -0.2) is 0 Å². The molecule has 0 saturated heterocycles. The summed E-state index contributed by atoms with van der Waals surface area (Å²) < 4.78 is 0. The summed E-state index contributed by atoms with van der Waals surface area (Å²) in [5.74, 6) is 0.286. The molecule has 0 aliphatic heterocycles. The number of hydrogen-bond acceptors (Lipinski definition) is 2. The van der Waals surface area contributed by atoms with Crippen molar-refractivity contribution in [2.45, 2.75) is 0 Å². The van der Waals surface area contributed by atoms with Crippen molar-refractivity contribution in [1.29, 1.82) is 0 Å². The van der Waals surface area contributed by atoms with Gasteiger partial charge in [0.1, 0.15) is 5.75 Å². The Kier molecular flexibility index (Phi) is 3.46. The molecular formula is C15H15NO. The fraction of sp³-hybridized carbons (Fsp3) is 0.0667. The molecule has 2 aromatic carbocycles. The molecule has 0 bridgehead atoms. The van der Waals surface area contributed by atoms with Gasteiger partial charge in [0.2, 0.25) is 0 Å². The van der Waals surface area contributed by atoms with Crippen molar-refractivity contribution in [2.24, 2.45) is 0 Å². The Hall–Kier alpha value is -2.22. The zero-order valence-corrected chi connectivity index (χ0v) is 9.75. The minimum Gasteiger partial charge on any atom is -0.508 e. The minimum absolute atomic E-state index is 0.286. The molecule has 2 rings (SSSR count). The zero-order chi connectivity index (χ0) is 12.1. The Labute approximate surface area is 101 Å². The van der Waals surface area contributed by atoms with Gasteiger partial charge in [-0.15, -0.1) is 0 Å². The molecule has 86 valence electrons. The first kappa shape index (κ1) is 11.3. The quantitative estimate of drug-likeness (QED) is 0.864. The van der Waals surface area contributed by atoms with Crippen LogP contribution in [0.1, 0.15) is 5.56 Å². The average Bonchev–Trinajstić information content (AvgIpc) is 2.38. The van der Waals surface area contributed by atoms with Crippen molar-refractivity contribution in [1.82, 2.24) is 0 Å². The number of rotatable bonds is 3. The van der Waals surface area contributed by atoms with E-state index in [-0.39, 0.29) is 5.75 Å². The van der Waals surface area contributed by atoms with Crippen LogP contribution in [0.3, 0.4) is 0 Å². The van der Waals surface area contributed by atoms with Crippen molar-refractivity contribution < 1.29 is 5.11 Å². The molecule has 0 aromatic heterocycles. The molecular weight excluding hydrogens is 210 g/mol. The predicted octanol–water partition coefficient (Wildman–Crippen LogP) is 3.50. The standard InChI is InChI=1S/C15H15NO/c1-16(14-7-9-15(17)10-8-14)12-11-13-5-3-2-4-6-13/h2-12,17H,1H3. The van der Waals surface area contributed by atoms with Gasteiger partial charge >= 0.3 is 0 Å². The van der Waals surface area contributed by atoms with Crippen LogP contribution in [-0.4, -0.2) is 12.2 Å². The first-order chi connectivity index (χ1) is 8.25. The lowest BCUT2D eigenvalue weighted by molar-refractivity contribution is 0.475. The van der Waals surface area contributed by atoms with Gasteiger partial charge in [0.15, 0.2) is 0 Å². The molecule has 2 nitrogen and oxygen atoms in total. The van der Waals surface area contributed by atoms with Crippen molar-refractivity contribution in [3.63, 3.8) is 0 Å². The lowest BCUT2D eigenvalue weighted by atomic mass is 10.2. The van der Waals surface area contributed by atoms with Crippen molar-refractivity contribution in [3.05, 3.63) is 66.4 Å². The van der Waals surface area contributed by atoms with Crippen LogP contribution in [0.25, 0.3) is 6.08 Å². The van der Waals surface area contributed by atoms with E-state index in [1.54, 1.807) is 12.1 Å². The first-order valence-electron chi connectivity index (χ1n) is 5.51. The van der Waals surface area contributed by atoms with Gasteiger partial charge in [-0.2, -0.15) is 0 Å². The summed E-state index contributed by atoms with van der Waals surface area (Å²) in [6.45, 7) is 0. The zero-order valence-electron chi connectivity index (χ0n) is 9.75. The Bertz CT molecular complexity index is 488. The monoisotopic (exact) mass is 225 g/mol. The summed E-state index contributed by atoms with van der Waals surface area (Å²) in [6, 6.07) is 17.3. The van der Waals surface area contributed by atoms with E-state index < -0.39 is 0 Å². The van der Waals surface area contributed by atoms with E-state index in [2.05, 4.69) is 12.1 Å². The average molecular weight is 225 g/mol. The van der Waals surface area contributed by atoms with Crippen LogP contribution < -0.4 is 4.90 Å². The Morgan fingerprint density at radius 2 is 1.59 bits per heavy atom. The van der Waals surface area contributed by atoms with Gasteiger partial charge in [-0.3, -0.25) is 0 Å². The van der Waals surface area contributed by atoms with E-state index in [0.717, 1.165) is 11.3 Å². The van der Waals surface area contributed by atoms with Crippen LogP contribution in [0.15, 0.2) is 60.8 Å². The molecule has 0 aliphatic rings. The largest absolute Gasteiger partial charge is 0.508 e. The first-order valence-corrected chi connectivity index (χ1v) is 5.51. The molecule has 0 amide bonds. The summed E-state index contributed by atoms with van der Waals surface area (Å²) >= 11 is 0. The van der Waals surface area contributed by atoms with Crippen molar-refractivity contribution in [2.75, 3.05) is 11.9 Å². The van der Waals surface area contributed by atoms with Gasteiger partial charge in [-0.1, -0.05) is 30.3 Å². The van der Waals surface area contributed by atoms with Crippen LogP contribution in [0.2, 0.25) is 0 Å². The number of phenols is 1. The molecule has 0 atom stereocenters. The Balaban J connectivity index is 2.09. The highest BCUT2D eigenvalue weighted by molar-refractivity contribution is 5.57. The minimum atomic E-state index is 0.286. The molecule has 0 heterocycles. The lowest BCUT2D eigenvalue weighted by Gasteiger charge is -2.13. The van der Waals surface area contributed by atoms with Crippen LogP contribution in [0, 0.1) is 0 Å². The smallest absolute Gasteiger partial charge is 0.115 e. The molecule has 0 unspecified atom stereocenters. The summed E-state index contributed by atoms with van der Waals surface area (Å²) in [5, 5.41) is 9.21. The molecule has 0 saturated carbocycles. The molecule has 0 spiro atoms. The maximum absolute atomic E-state index is 9.21. The SMILES string of the molecule is CN(C=Cc1ccccc1)c1ccc(O)cc1. The lowest BCUT2D eigenvalue weighted by Crippen LogP contribution is -2.06. The third-order valence-corrected chi connectivity index (χ3v) is 2.55. The van der Waals surface area contributed by atoms with Gasteiger partial charge in [0.05, 0.1) is 0 Å². The van der Waals surface area contributed by atoms with E-state index >= 15 is 0 Å². The van der Waals surface area contributed by atoms with Crippen LogP contribution in [-0.2, 0) is 0 Å². The third-order valence-electron chi connectivity index (χ3n) is 2.55. The van der Waals surface area contributed by atoms with Crippen LogP contribution in [0.4, 0.5) is 5.69 Å². The normalized spacial score (nSPS) is 10.6. The number of phenolic OH excluding ortho intramolecular Hbond substituents is 1. The van der Waals surface area contributed by atoms with Crippen molar-refractivity contribution >= 4 is 11.8 Å². The van der Waals surface area contributed by atoms with Gasteiger partial charge in [0, 0.05) is 18.9 Å². The second-order valence-corrected chi connectivity index (χ2v) is 3.85. The molecule has 0 fully saturated rings. The summed E-state index contributed by atoms with van der Waals surface area (Å²) in [4.78, 5) is 2.01. The van der Waals surface area contributed by atoms with Crippen molar-refractivity contribution in [3.8, 4) is 5.75 Å². The highest BCUT2D eigenvalue weighted by Gasteiger charge is 1.96. The fourth-order valence-electron chi connectivity index (χ4n) is 1.54. The Morgan fingerprint density at radius 3 is 2.24 bits per heavy atom. The van der Waals surface area contributed by atoms with Gasteiger partial charge in [-0.05, 0) is 35.9 Å². The number of aromatic hydroxyl groups is 1. The maximum Gasteiger partial charge on any atom is 0.115 e. The highest BCUT2D eigenvalue weighted by atomic mass is 16.3. The Morgan fingerprint density at radius 1 is 0.941 bits per heavy atom. The van der Waals surface area contributed by atoms with E-state index in [4.69, 9.17) is 0 Å². The summed E-state index contributed by atoms with van der Waals surface area (Å²) in [6.07, 6.45) is 4.05. The van der Waals surface area contributed by atoms with E-state index in [0.29, 0.717) is 0 Å². The van der Waals surface area contributed by atoms with Crippen LogP contribution >= 0.6 is 0 Å². The number of nitrogens with zero attached hydrogens (tertiary/aromatic N) is 1. The highest BCUT2D eigenvalue weighted by Crippen LogP contribution is 2.17. The van der Waals surface area contributed by atoms with E-state index in [9.17, 15) is 5.11 Å². The fourth-order valence-corrected chi connectivity index (χ4v) is 1.54. The van der Waals surface area contributed by atoms with Gasteiger partial charge in [0.25, 0.3) is 0 Å². The molecule has 0 aliphatic carbocycles. The van der Waals surface area contributed by atoms with E-state index in [1.165, 1.54) is 0 Å². The maximum atomic E-state index is 9.21. The molecule has 1 N–H and O–H groups in total. The van der Waals surface area contributed by atoms with Gasteiger partial charge < -0.3 is 10.0 Å². The second kappa shape index (κ2) is 5.21.